The smallest absolute Gasteiger partial charge is 0.336 e. The van der Waals surface area contributed by atoms with Crippen LogP contribution in [0.15, 0.2) is 23.3 Å². The van der Waals surface area contributed by atoms with Crippen LogP contribution < -0.4 is 0 Å². The van der Waals surface area contributed by atoms with Gasteiger partial charge >= 0.3 is 5.97 Å². The third-order valence-electron chi connectivity index (χ3n) is 11.3. The molecule has 11 atom stereocenters. The van der Waals surface area contributed by atoms with Crippen LogP contribution in [0.4, 0.5) is 0 Å². The quantitative estimate of drug-likeness (QED) is 0.482. The van der Waals surface area contributed by atoms with Crippen molar-refractivity contribution in [2.45, 2.75) is 90.1 Å². The second-order valence-corrected chi connectivity index (χ2v) is 12.2. The molecule has 0 aromatic heterocycles. The molecule has 2 heterocycles. The molecule has 0 bridgehead atoms. The highest BCUT2D eigenvalue weighted by Crippen LogP contribution is 2.73. The highest BCUT2D eigenvalue weighted by Gasteiger charge is 2.80. The van der Waals surface area contributed by atoms with Crippen LogP contribution in [0.2, 0.25) is 0 Å². The first-order valence-corrected chi connectivity index (χ1v) is 12.9. The first kappa shape index (κ1) is 19.7. The Morgan fingerprint density at radius 2 is 2.03 bits per heavy atom. The predicted octanol–water partition coefficient (Wildman–Crippen LogP) is 3.35. The Hall–Kier alpha value is -1.50. The SMILES string of the molecule is [2H]C([2H])([2H])C1=C(CO)C(=O)O[C@@H]([C@@H](C)[C@H]2CC[C@H]3[C@@H]4C[C@H]5O[C@]56[C@@H](O)C=CC(=O)[C@]6(C)[C@H]4CC[C@]23C)C1. The van der Waals surface area contributed by atoms with E-state index in [1.54, 1.807) is 12.2 Å². The fraction of sp³-hybridized carbons (Fsp3) is 0.786. The van der Waals surface area contributed by atoms with Crippen LogP contribution >= 0.6 is 0 Å². The number of allylic oxidation sites excluding steroid dienone is 1. The van der Waals surface area contributed by atoms with Crippen LogP contribution in [0.1, 0.15) is 70.3 Å². The predicted molar refractivity (Wildman–Crippen MR) is 124 cm³/mol. The molecule has 1 spiro atoms. The Kier molecular flexibility index (Phi) is 4.20. The molecule has 0 aromatic rings. The Morgan fingerprint density at radius 3 is 2.76 bits per heavy atom. The van der Waals surface area contributed by atoms with Crippen LogP contribution in [0.5, 0.6) is 0 Å². The maximum Gasteiger partial charge on any atom is 0.336 e. The number of hydrogen-bond acceptors (Lipinski definition) is 6. The molecule has 3 saturated carbocycles. The van der Waals surface area contributed by atoms with Crippen LogP contribution in [0.3, 0.4) is 0 Å². The van der Waals surface area contributed by atoms with Crippen molar-refractivity contribution in [3.05, 3.63) is 23.3 Å². The minimum atomic E-state index is -2.45. The van der Waals surface area contributed by atoms with Crippen LogP contribution in [0, 0.1) is 40.4 Å². The lowest BCUT2D eigenvalue weighted by Gasteiger charge is -2.58. The van der Waals surface area contributed by atoms with Crippen molar-refractivity contribution >= 4 is 11.8 Å². The van der Waals surface area contributed by atoms with E-state index in [-0.39, 0.29) is 52.6 Å². The summed E-state index contributed by atoms with van der Waals surface area (Å²) in [6.45, 7) is 3.34. The summed E-state index contributed by atoms with van der Waals surface area (Å²) in [4.78, 5) is 26.0. The molecule has 1 saturated heterocycles. The molecule has 0 amide bonds. The summed E-state index contributed by atoms with van der Waals surface area (Å²) in [6, 6.07) is 0. The maximum atomic E-state index is 13.3. The fourth-order valence-corrected chi connectivity index (χ4v) is 9.50. The number of carbonyl (C=O) groups excluding carboxylic acids is 2. The summed E-state index contributed by atoms with van der Waals surface area (Å²) in [7, 11) is 0. The Morgan fingerprint density at radius 1 is 1.24 bits per heavy atom. The lowest BCUT2D eigenvalue weighted by molar-refractivity contribution is -0.155. The van der Waals surface area contributed by atoms with Crippen molar-refractivity contribution in [1.29, 1.82) is 0 Å². The second-order valence-electron chi connectivity index (χ2n) is 12.2. The van der Waals surface area contributed by atoms with Gasteiger partial charge in [-0.05, 0) is 93.0 Å². The molecule has 4 aliphatic carbocycles. The van der Waals surface area contributed by atoms with Gasteiger partial charge in [-0.3, -0.25) is 4.79 Å². The van der Waals surface area contributed by atoms with Gasteiger partial charge in [-0.1, -0.05) is 19.4 Å². The molecule has 0 unspecified atom stereocenters. The van der Waals surface area contributed by atoms with E-state index in [9.17, 15) is 19.8 Å². The van der Waals surface area contributed by atoms with E-state index in [4.69, 9.17) is 13.6 Å². The van der Waals surface area contributed by atoms with Crippen LogP contribution in [-0.2, 0) is 19.1 Å². The van der Waals surface area contributed by atoms with Gasteiger partial charge in [0.15, 0.2) is 5.78 Å². The van der Waals surface area contributed by atoms with E-state index in [1.165, 1.54) is 0 Å². The van der Waals surface area contributed by atoms with Crippen molar-refractivity contribution in [1.82, 2.24) is 0 Å². The summed E-state index contributed by atoms with van der Waals surface area (Å²) in [5.74, 6) is 0.413. The number of carbonyl (C=O) groups is 2. The zero-order valence-corrected chi connectivity index (χ0v) is 20.3. The number of aliphatic hydroxyl groups is 2. The number of ketones is 1. The van der Waals surface area contributed by atoms with Gasteiger partial charge in [0, 0.05) is 10.5 Å². The normalized spacial score (nSPS) is 54.0. The number of epoxide rings is 1. The molecular weight excluding hydrogens is 432 g/mol. The van der Waals surface area contributed by atoms with E-state index >= 15 is 0 Å². The van der Waals surface area contributed by atoms with E-state index in [0.29, 0.717) is 11.8 Å². The molecule has 186 valence electrons. The number of esters is 1. The first-order valence-electron chi connectivity index (χ1n) is 14.4. The highest BCUT2D eigenvalue weighted by molar-refractivity contribution is 5.98. The molecule has 0 aromatic carbocycles. The summed E-state index contributed by atoms with van der Waals surface area (Å²) in [6.07, 6.45) is 6.51. The molecule has 0 radical (unpaired) electrons. The molecule has 6 aliphatic rings. The Balaban J connectivity index is 1.27. The summed E-state index contributed by atoms with van der Waals surface area (Å²) in [5, 5.41) is 20.5. The molecule has 6 rings (SSSR count). The molecule has 2 N–H and O–H groups in total. The number of aliphatic hydroxyl groups excluding tert-OH is 2. The number of rotatable bonds is 3. The summed E-state index contributed by atoms with van der Waals surface area (Å²) in [5.41, 5.74) is -1.63. The number of hydrogen-bond donors (Lipinski definition) is 2. The molecule has 6 heteroatoms. The molecular formula is C28H38O6. The molecule has 34 heavy (non-hydrogen) atoms. The molecule has 4 fully saturated rings. The van der Waals surface area contributed by atoms with Crippen LogP contribution in [0.25, 0.3) is 0 Å². The standard InChI is InChI=1S/C28H38O6/c1-14-11-21(33-25(32)17(14)13-29)15(2)18-5-6-19-16-12-24-28(34-24)23(31)8-7-22(30)27(28,4)20(16)9-10-26(18,19)3/h7-8,15-16,18-21,23-24,29,31H,5-6,9-13H2,1-4H3/t15-,16-,18+,19-,20-,21+,23-,24+,26+,27-,28+/m0/s1/i1D3. The average molecular weight is 474 g/mol. The van der Waals surface area contributed by atoms with Crippen molar-refractivity contribution in [2.24, 2.45) is 40.4 Å². The Bertz CT molecular complexity index is 1100. The number of fused-ring (bicyclic) bond motifs is 4. The van der Waals surface area contributed by atoms with Gasteiger partial charge in [0.1, 0.15) is 17.8 Å². The van der Waals surface area contributed by atoms with Crippen molar-refractivity contribution in [3.8, 4) is 0 Å². The zero-order chi connectivity index (χ0) is 26.7. The van der Waals surface area contributed by atoms with E-state index in [2.05, 4.69) is 13.8 Å². The minimum absolute atomic E-state index is 0.0223. The van der Waals surface area contributed by atoms with Gasteiger partial charge < -0.3 is 19.7 Å². The van der Waals surface area contributed by atoms with Gasteiger partial charge in [0.2, 0.25) is 0 Å². The monoisotopic (exact) mass is 473 g/mol. The summed E-state index contributed by atoms with van der Waals surface area (Å²) < 4.78 is 35.7. The van der Waals surface area contributed by atoms with Crippen molar-refractivity contribution in [3.63, 3.8) is 0 Å². The van der Waals surface area contributed by atoms with E-state index in [0.717, 1.165) is 32.1 Å². The third-order valence-corrected chi connectivity index (χ3v) is 11.3. The minimum Gasteiger partial charge on any atom is -0.458 e. The number of cyclic esters (lactones) is 1. The lowest BCUT2D eigenvalue weighted by Crippen LogP contribution is -2.63. The number of ether oxygens (including phenoxy) is 2. The zero-order valence-electron chi connectivity index (χ0n) is 23.3. The van der Waals surface area contributed by atoms with Gasteiger partial charge in [-0.25, -0.2) is 4.79 Å². The van der Waals surface area contributed by atoms with E-state index < -0.39 is 42.7 Å². The van der Waals surface area contributed by atoms with Gasteiger partial charge in [-0.2, -0.15) is 0 Å². The summed E-state index contributed by atoms with van der Waals surface area (Å²) >= 11 is 0. The van der Waals surface area contributed by atoms with Gasteiger partial charge in [0.05, 0.1) is 23.7 Å². The Labute approximate surface area is 206 Å². The third kappa shape index (κ3) is 2.63. The van der Waals surface area contributed by atoms with Gasteiger partial charge in [-0.15, -0.1) is 0 Å². The lowest BCUT2D eigenvalue weighted by atomic mass is 9.44. The van der Waals surface area contributed by atoms with Gasteiger partial charge in [0.25, 0.3) is 0 Å². The average Bonchev–Trinajstić information content (AvgIpc) is 3.47. The first-order chi connectivity index (χ1) is 17.3. The largest absolute Gasteiger partial charge is 0.458 e. The van der Waals surface area contributed by atoms with Crippen molar-refractivity contribution in [2.75, 3.05) is 6.61 Å². The van der Waals surface area contributed by atoms with Crippen molar-refractivity contribution < 1.29 is 33.4 Å². The second kappa shape index (κ2) is 7.27. The molecule has 6 nitrogen and oxygen atoms in total. The van der Waals surface area contributed by atoms with E-state index in [1.807, 2.05) is 6.92 Å². The topological polar surface area (TPSA) is 96.4 Å². The van der Waals surface area contributed by atoms with Crippen LogP contribution in [-0.4, -0.2) is 52.5 Å². The highest BCUT2D eigenvalue weighted by atomic mass is 16.6. The maximum absolute atomic E-state index is 13.3. The fourth-order valence-electron chi connectivity index (χ4n) is 9.50. The molecule has 2 aliphatic heterocycles.